The molecule has 1 heterocycles. The lowest BCUT2D eigenvalue weighted by molar-refractivity contribution is -0.120. The van der Waals surface area contributed by atoms with Crippen LogP contribution in [0.5, 0.6) is 0 Å². The summed E-state index contributed by atoms with van der Waals surface area (Å²) in [6.07, 6.45) is 0.442. The van der Waals surface area contributed by atoms with Gasteiger partial charge >= 0.3 is 0 Å². The molecule has 1 saturated heterocycles. The monoisotopic (exact) mass is 273 g/mol. The average molecular weight is 274 g/mol. The number of nitrogens with two attached hydrogens (primary N) is 1. The van der Waals surface area contributed by atoms with Crippen LogP contribution in [0.1, 0.15) is 6.42 Å². The number of halogens is 2. The van der Waals surface area contributed by atoms with Gasteiger partial charge in [0.1, 0.15) is 0 Å². The smallest absolute Gasteiger partial charge is 0.221 e. The summed E-state index contributed by atoms with van der Waals surface area (Å²) in [6, 6.07) is 3.34. The van der Waals surface area contributed by atoms with Gasteiger partial charge in [-0.25, -0.2) is 0 Å². The first-order chi connectivity index (χ1) is 8.08. The predicted molar refractivity (Wildman–Crippen MR) is 70.7 cm³/mol. The van der Waals surface area contributed by atoms with Crippen molar-refractivity contribution in [1.29, 1.82) is 0 Å². The largest absolute Gasteiger partial charge is 0.399 e. The number of hydrogen-bond donors (Lipinski definition) is 2. The molecule has 1 aliphatic rings. The van der Waals surface area contributed by atoms with Crippen molar-refractivity contribution in [3.05, 3.63) is 22.2 Å². The normalized spacial score (nSPS) is 16.6. The summed E-state index contributed by atoms with van der Waals surface area (Å²) in [7, 11) is 0. The fourth-order valence-electron chi connectivity index (χ4n) is 1.88. The van der Waals surface area contributed by atoms with Crippen molar-refractivity contribution in [2.45, 2.75) is 6.42 Å². The Kier molecular flexibility index (Phi) is 3.64. The molecule has 1 fully saturated rings. The Morgan fingerprint density at radius 2 is 1.88 bits per heavy atom. The van der Waals surface area contributed by atoms with Crippen molar-refractivity contribution in [3.63, 3.8) is 0 Å². The molecule has 92 valence electrons. The highest BCUT2D eigenvalue weighted by Crippen LogP contribution is 2.36. The Morgan fingerprint density at radius 1 is 1.24 bits per heavy atom. The number of nitrogen functional groups attached to an aromatic ring is 1. The molecule has 1 aliphatic heterocycles. The topological polar surface area (TPSA) is 58.4 Å². The lowest BCUT2D eigenvalue weighted by Gasteiger charge is -2.24. The molecule has 6 heteroatoms. The van der Waals surface area contributed by atoms with Crippen molar-refractivity contribution in [2.24, 2.45) is 0 Å². The van der Waals surface area contributed by atoms with Crippen molar-refractivity contribution in [1.82, 2.24) is 5.32 Å². The van der Waals surface area contributed by atoms with Crippen LogP contribution in [0.25, 0.3) is 0 Å². The first kappa shape index (κ1) is 12.3. The number of carbonyl (C=O) groups excluding carboxylic acids is 1. The van der Waals surface area contributed by atoms with Gasteiger partial charge in [-0.1, -0.05) is 23.2 Å². The Bertz CT molecular complexity index is 427. The third-order valence-electron chi connectivity index (χ3n) is 2.67. The van der Waals surface area contributed by atoms with E-state index in [1.807, 2.05) is 4.90 Å². The van der Waals surface area contributed by atoms with Gasteiger partial charge in [-0.05, 0) is 12.1 Å². The second-order valence-corrected chi connectivity index (χ2v) is 4.73. The number of nitrogens with one attached hydrogen (secondary N) is 1. The Hall–Kier alpha value is -1.13. The molecule has 0 aliphatic carbocycles. The highest BCUT2D eigenvalue weighted by molar-refractivity contribution is 6.39. The van der Waals surface area contributed by atoms with E-state index in [4.69, 9.17) is 28.9 Å². The summed E-state index contributed by atoms with van der Waals surface area (Å²) in [4.78, 5) is 13.3. The molecular weight excluding hydrogens is 261 g/mol. The zero-order valence-corrected chi connectivity index (χ0v) is 10.7. The summed E-state index contributed by atoms with van der Waals surface area (Å²) >= 11 is 12.3. The first-order valence-corrected chi connectivity index (χ1v) is 6.09. The van der Waals surface area contributed by atoms with Crippen molar-refractivity contribution in [3.8, 4) is 0 Å². The van der Waals surface area contributed by atoms with Crippen LogP contribution in [0.2, 0.25) is 10.0 Å². The maximum Gasteiger partial charge on any atom is 0.221 e. The zero-order valence-electron chi connectivity index (χ0n) is 9.17. The molecule has 0 aromatic heterocycles. The quantitative estimate of drug-likeness (QED) is 0.769. The molecule has 2 rings (SSSR count). The van der Waals surface area contributed by atoms with Gasteiger partial charge in [-0.2, -0.15) is 0 Å². The van der Waals surface area contributed by atoms with Crippen molar-refractivity contribution in [2.75, 3.05) is 30.3 Å². The van der Waals surface area contributed by atoms with Crippen LogP contribution >= 0.6 is 23.2 Å². The first-order valence-electron chi connectivity index (χ1n) is 5.34. The Balaban J connectivity index is 2.30. The summed E-state index contributed by atoms with van der Waals surface area (Å²) < 4.78 is 0. The van der Waals surface area contributed by atoms with Gasteiger partial charge in [0.15, 0.2) is 0 Å². The van der Waals surface area contributed by atoms with Crippen LogP contribution in [0.15, 0.2) is 12.1 Å². The number of amides is 1. The number of carbonyl (C=O) groups is 1. The maximum atomic E-state index is 11.3. The van der Waals surface area contributed by atoms with Gasteiger partial charge < -0.3 is 16.0 Å². The van der Waals surface area contributed by atoms with E-state index < -0.39 is 0 Å². The predicted octanol–water partition coefficient (Wildman–Crippen LogP) is 1.90. The number of benzene rings is 1. The minimum atomic E-state index is 0.0511. The molecule has 17 heavy (non-hydrogen) atoms. The highest BCUT2D eigenvalue weighted by Gasteiger charge is 2.18. The van der Waals surface area contributed by atoms with Gasteiger partial charge in [0.25, 0.3) is 0 Å². The number of hydrogen-bond acceptors (Lipinski definition) is 3. The van der Waals surface area contributed by atoms with E-state index in [1.54, 1.807) is 12.1 Å². The second kappa shape index (κ2) is 5.02. The molecule has 0 bridgehead atoms. The van der Waals surface area contributed by atoms with E-state index in [1.165, 1.54) is 0 Å². The van der Waals surface area contributed by atoms with Crippen LogP contribution < -0.4 is 16.0 Å². The summed E-state index contributed by atoms with van der Waals surface area (Å²) in [5.41, 5.74) is 6.94. The van der Waals surface area contributed by atoms with E-state index in [-0.39, 0.29) is 5.91 Å². The number of nitrogens with zero attached hydrogens (tertiary/aromatic N) is 1. The SMILES string of the molecule is Nc1cc(Cl)c(N2CCNC(=O)CC2)c(Cl)c1. The fourth-order valence-corrected chi connectivity index (χ4v) is 2.62. The van der Waals surface area contributed by atoms with E-state index in [9.17, 15) is 4.79 Å². The second-order valence-electron chi connectivity index (χ2n) is 3.92. The summed E-state index contributed by atoms with van der Waals surface area (Å²) in [5.74, 6) is 0.0511. The van der Waals surface area contributed by atoms with Crippen LogP contribution in [-0.2, 0) is 4.79 Å². The van der Waals surface area contributed by atoms with Crippen LogP contribution in [0, 0.1) is 0 Å². The molecule has 0 saturated carbocycles. The third-order valence-corrected chi connectivity index (χ3v) is 3.24. The number of anilines is 2. The van der Waals surface area contributed by atoms with Crippen LogP contribution in [-0.4, -0.2) is 25.5 Å². The molecule has 0 spiro atoms. The number of rotatable bonds is 1. The Morgan fingerprint density at radius 3 is 2.53 bits per heavy atom. The molecule has 0 unspecified atom stereocenters. The molecule has 1 aromatic carbocycles. The lowest BCUT2D eigenvalue weighted by Crippen LogP contribution is -2.28. The molecule has 1 aromatic rings. The molecule has 3 N–H and O–H groups in total. The zero-order chi connectivity index (χ0) is 12.4. The molecule has 0 atom stereocenters. The fraction of sp³-hybridized carbons (Fsp3) is 0.364. The van der Waals surface area contributed by atoms with Gasteiger partial charge in [0, 0.05) is 31.7 Å². The standard InChI is InChI=1S/C11H13Cl2N3O/c12-8-5-7(14)6-9(13)11(8)16-3-1-10(17)15-2-4-16/h5-6H,1-4,14H2,(H,15,17). The van der Waals surface area contributed by atoms with E-state index in [0.717, 1.165) is 5.69 Å². The van der Waals surface area contributed by atoms with E-state index >= 15 is 0 Å². The molecule has 1 amide bonds. The minimum Gasteiger partial charge on any atom is -0.399 e. The average Bonchev–Trinajstić information content (AvgIpc) is 2.42. The van der Waals surface area contributed by atoms with Crippen molar-refractivity contribution < 1.29 is 4.79 Å². The third kappa shape index (κ3) is 2.76. The molecule has 0 radical (unpaired) electrons. The van der Waals surface area contributed by atoms with Gasteiger partial charge in [0.2, 0.25) is 5.91 Å². The van der Waals surface area contributed by atoms with Gasteiger partial charge in [-0.15, -0.1) is 0 Å². The Labute approximate surface area is 110 Å². The lowest BCUT2D eigenvalue weighted by atomic mass is 10.2. The summed E-state index contributed by atoms with van der Waals surface area (Å²) in [5, 5.41) is 3.84. The van der Waals surface area contributed by atoms with E-state index in [2.05, 4.69) is 5.32 Å². The van der Waals surface area contributed by atoms with Crippen LogP contribution in [0.3, 0.4) is 0 Å². The highest BCUT2D eigenvalue weighted by atomic mass is 35.5. The molecule has 4 nitrogen and oxygen atoms in total. The van der Waals surface area contributed by atoms with Gasteiger partial charge in [0.05, 0.1) is 15.7 Å². The maximum absolute atomic E-state index is 11.3. The minimum absolute atomic E-state index is 0.0511. The van der Waals surface area contributed by atoms with Crippen LogP contribution in [0.4, 0.5) is 11.4 Å². The van der Waals surface area contributed by atoms with E-state index in [0.29, 0.717) is 41.8 Å². The molecular formula is C11H13Cl2N3O. The summed E-state index contributed by atoms with van der Waals surface area (Å²) in [6.45, 7) is 1.89. The van der Waals surface area contributed by atoms with Crippen molar-refractivity contribution >= 4 is 40.5 Å². The van der Waals surface area contributed by atoms with Gasteiger partial charge in [-0.3, -0.25) is 4.79 Å².